The molecule has 1 aromatic carbocycles. The van der Waals surface area contributed by atoms with E-state index in [1.54, 1.807) is 0 Å². The number of cyclic esters (lactones) is 1. The number of benzene rings is 1. The number of aliphatic hydroxyl groups excluding tert-OH is 2. The second kappa shape index (κ2) is 10.0. The second-order valence-electron chi connectivity index (χ2n) is 8.04. The van der Waals surface area contributed by atoms with Crippen LogP contribution in [0.1, 0.15) is 67.6 Å². The summed E-state index contributed by atoms with van der Waals surface area (Å²) >= 11 is 0. The van der Waals surface area contributed by atoms with Crippen LogP contribution in [0.3, 0.4) is 0 Å². The van der Waals surface area contributed by atoms with Crippen molar-refractivity contribution in [3.05, 3.63) is 52.6 Å². The molecule has 0 aromatic heterocycles. The van der Waals surface area contributed by atoms with Gasteiger partial charge in [0.2, 0.25) is 0 Å². The van der Waals surface area contributed by atoms with Crippen molar-refractivity contribution >= 4 is 12.0 Å². The fraction of sp³-hybridized carbons (Fsp3) is 0.542. The van der Waals surface area contributed by atoms with Gasteiger partial charge in [0.25, 0.3) is 0 Å². The molecule has 0 fully saturated rings. The molecule has 0 spiro atoms. The van der Waals surface area contributed by atoms with Gasteiger partial charge in [0.05, 0.1) is 17.8 Å². The van der Waals surface area contributed by atoms with E-state index in [0.29, 0.717) is 12.0 Å². The fourth-order valence-corrected chi connectivity index (χ4v) is 3.51. The van der Waals surface area contributed by atoms with Crippen molar-refractivity contribution in [2.24, 2.45) is 11.8 Å². The van der Waals surface area contributed by atoms with Crippen LogP contribution in [-0.2, 0) is 11.2 Å². The summed E-state index contributed by atoms with van der Waals surface area (Å²) in [6, 6.07) is 4.07. The van der Waals surface area contributed by atoms with Gasteiger partial charge in [-0.25, -0.2) is 4.79 Å². The van der Waals surface area contributed by atoms with Crippen molar-refractivity contribution in [3.8, 4) is 0 Å². The number of hydrogen-bond acceptors (Lipinski definition) is 4. The van der Waals surface area contributed by atoms with Crippen molar-refractivity contribution in [1.29, 1.82) is 0 Å². The minimum atomic E-state index is -0.859. The maximum absolute atomic E-state index is 12.9. The predicted octanol–water partition coefficient (Wildman–Crippen LogP) is 4.46. The molecule has 28 heavy (non-hydrogen) atoms. The van der Waals surface area contributed by atoms with Gasteiger partial charge in [-0.3, -0.25) is 0 Å². The van der Waals surface area contributed by atoms with E-state index in [2.05, 4.69) is 13.0 Å². The van der Waals surface area contributed by atoms with Crippen LogP contribution in [0.25, 0.3) is 6.08 Å². The van der Waals surface area contributed by atoms with Crippen LogP contribution in [0.2, 0.25) is 0 Å². The highest BCUT2D eigenvalue weighted by molar-refractivity contribution is 5.95. The van der Waals surface area contributed by atoms with Crippen molar-refractivity contribution in [2.45, 2.75) is 72.2 Å². The van der Waals surface area contributed by atoms with Crippen LogP contribution in [-0.4, -0.2) is 34.5 Å². The van der Waals surface area contributed by atoms with Gasteiger partial charge in [0, 0.05) is 11.8 Å². The molecule has 1 aliphatic rings. The molecule has 4 nitrogen and oxygen atoms in total. The standard InChI is InChI=1S/C24H34O4/c1-6-8-19-13-17(4)22-20(14-19)9-7-10-21(25)23(26)16(3)12-11-15(2)18(5)28-24(22)27/h7,9,11-16,18,21,23,25-26H,6,8,10H2,1-5H3/b9-7+,12-11-/t15-,16-,18+,21+,23-/m1/s1. The number of esters is 1. The van der Waals surface area contributed by atoms with Crippen molar-refractivity contribution < 1.29 is 19.7 Å². The Labute approximate surface area is 168 Å². The fourth-order valence-electron chi connectivity index (χ4n) is 3.51. The van der Waals surface area contributed by atoms with E-state index in [1.807, 2.05) is 58.1 Å². The van der Waals surface area contributed by atoms with Crippen LogP contribution < -0.4 is 0 Å². The number of rotatable bonds is 2. The lowest BCUT2D eigenvalue weighted by Crippen LogP contribution is -2.31. The molecule has 1 aromatic rings. The number of aryl methyl sites for hydroxylation is 2. The number of aliphatic hydroxyl groups is 2. The van der Waals surface area contributed by atoms with E-state index >= 15 is 0 Å². The van der Waals surface area contributed by atoms with E-state index in [1.165, 1.54) is 5.56 Å². The molecular weight excluding hydrogens is 352 g/mol. The lowest BCUT2D eigenvalue weighted by Gasteiger charge is -2.23. The van der Waals surface area contributed by atoms with Gasteiger partial charge in [-0.05, 0) is 43.4 Å². The van der Waals surface area contributed by atoms with Crippen LogP contribution in [0.4, 0.5) is 0 Å². The third-order valence-electron chi connectivity index (χ3n) is 5.53. The summed E-state index contributed by atoms with van der Waals surface area (Å²) in [6.45, 7) is 9.80. The molecule has 5 atom stereocenters. The van der Waals surface area contributed by atoms with E-state index in [0.717, 1.165) is 24.0 Å². The summed E-state index contributed by atoms with van der Waals surface area (Å²) in [5.41, 5.74) is 3.44. The van der Waals surface area contributed by atoms with Gasteiger partial charge in [0.1, 0.15) is 6.10 Å². The molecule has 2 rings (SSSR count). The van der Waals surface area contributed by atoms with Crippen LogP contribution in [0.15, 0.2) is 30.4 Å². The summed E-state index contributed by atoms with van der Waals surface area (Å²) < 4.78 is 5.76. The molecular formula is C24H34O4. The highest BCUT2D eigenvalue weighted by atomic mass is 16.5. The Morgan fingerprint density at radius 3 is 2.46 bits per heavy atom. The maximum Gasteiger partial charge on any atom is 0.339 e. The number of fused-ring (bicyclic) bond motifs is 1. The van der Waals surface area contributed by atoms with E-state index < -0.39 is 12.2 Å². The number of ether oxygens (including phenoxy) is 1. The summed E-state index contributed by atoms with van der Waals surface area (Å²) in [4.78, 5) is 12.9. The number of carbonyl (C=O) groups excluding carboxylic acids is 1. The van der Waals surface area contributed by atoms with Crippen molar-refractivity contribution in [1.82, 2.24) is 0 Å². The molecule has 154 valence electrons. The van der Waals surface area contributed by atoms with Gasteiger partial charge in [-0.2, -0.15) is 0 Å². The van der Waals surface area contributed by atoms with Crippen LogP contribution in [0, 0.1) is 18.8 Å². The molecule has 0 unspecified atom stereocenters. The SMILES string of the molecule is CCCc1cc(C)c2c(c1)/C=C/C[C@H](O)[C@H](O)[C@H](C)/C=C\[C@@H](C)[C@H](C)OC2=O. The summed E-state index contributed by atoms with van der Waals surface area (Å²) in [7, 11) is 0. The van der Waals surface area contributed by atoms with Crippen LogP contribution in [0.5, 0.6) is 0 Å². The molecule has 0 saturated carbocycles. The smallest absolute Gasteiger partial charge is 0.339 e. The first-order chi connectivity index (χ1) is 13.2. The molecule has 2 N–H and O–H groups in total. The third-order valence-corrected chi connectivity index (χ3v) is 5.53. The summed E-state index contributed by atoms with van der Waals surface area (Å²) in [5, 5.41) is 20.7. The zero-order chi connectivity index (χ0) is 20.8. The van der Waals surface area contributed by atoms with Gasteiger partial charge < -0.3 is 14.9 Å². The molecule has 0 saturated heterocycles. The number of carbonyl (C=O) groups is 1. The quantitative estimate of drug-likeness (QED) is 0.582. The van der Waals surface area contributed by atoms with E-state index in [9.17, 15) is 15.0 Å². The minimum Gasteiger partial charge on any atom is -0.458 e. The Balaban J connectivity index is 2.48. The average molecular weight is 387 g/mol. The molecule has 0 amide bonds. The average Bonchev–Trinajstić information content (AvgIpc) is 2.64. The minimum absolute atomic E-state index is 0.00246. The first-order valence-corrected chi connectivity index (χ1v) is 10.3. The highest BCUT2D eigenvalue weighted by Gasteiger charge is 2.23. The third kappa shape index (κ3) is 5.55. The Morgan fingerprint density at radius 1 is 1.11 bits per heavy atom. The molecule has 0 radical (unpaired) electrons. The number of hydrogen-bond donors (Lipinski definition) is 2. The Hall–Kier alpha value is -1.91. The lowest BCUT2D eigenvalue weighted by atomic mass is 9.93. The van der Waals surface area contributed by atoms with Gasteiger partial charge in [0.15, 0.2) is 0 Å². The van der Waals surface area contributed by atoms with Crippen LogP contribution >= 0.6 is 0 Å². The van der Waals surface area contributed by atoms with Gasteiger partial charge >= 0.3 is 5.97 Å². The molecule has 1 heterocycles. The molecule has 0 aliphatic carbocycles. The van der Waals surface area contributed by atoms with Crippen molar-refractivity contribution in [2.75, 3.05) is 0 Å². The Bertz CT molecular complexity index is 734. The molecule has 4 heteroatoms. The highest BCUT2D eigenvalue weighted by Crippen LogP contribution is 2.24. The summed E-state index contributed by atoms with van der Waals surface area (Å²) in [6.07, 6.45) is 7.78. The monoisotopic (exact) mass is 386 g/mol. The van der Waals surface area contributed by atoms with Gasteiger partial charge in [-0.15, -0.1) is 0 Å². The maximum atomic E-state index is 12.9. The summed E-state index contributed by atoms with van der Waals surface area (Å²) in [5.74, 6) is -0.515. The van der Waals surface area contributed by atoms with E-state index in [-0.39, 0.29) is 23.9 Å². The lowest BCUT2D eigenvalue weighted by molar-refractivity contribution is 0.000594. The topological polar surface area (TPSA) is 66.8 Å². The first kappa shape index (κ1) is 22.4. The first-order valence-electron chi connectivity index (χ1n) is 10.3. The Kier molecular flexibility index (Phi) is 8.02. The van der Waals surface area contributed by atoms with Gasteiger partial charge in [-0.1, -0.05) is 63.6 Å². The molecule has 0 bridgehead atoms. The second-order valence-corrected chi connectivity index (χ2v) is 8.04. The largest absolute Gasteiger partial charge is 0.458 e. The predicted molar refractivity (Wildman–Crippen MR) is 113 cm³/mol. The van der Waals surface area contributed by atoms with Crippen molar-refractivity contribution in [3.63, 3.8) is 0 Å². The Morgan fingerprint density at radius 2 is 1.79 bits per heavy atom. The molecule has 1 aliphatic heterocycles. The normalized spacial score (nSPS) is 31.4. The van der Waals surface area contributed by atoms with E-state index in [4.69, 9.17) is 4.74 Å². The zero-order valence-corrected chi connectivity index (χ0v) is 17.7. The zero-order valence-electron chi connectivity index (χ0n) is 17.7.